The Labute approximate surface area is 204 Å². The first-order chi connectivity index (χ1) is 16.9. The van der Waals surface area contributed by atoms with Gasteiger partial charge in [0.2, 0.25) is 10.0 Å². The minimum absolute atomic E-state index is 0.0243. The Bertz CT molecular complexity index is 1480. The molecule has 4 rings (SSSR count). The standard InChI is InChI=1S/C27H25N3O4S/c1-3-15-30-35(32,33)22-8-6-7-20(16-22)27(31)29-17-24(19-11-13-21(34-2)14-12-19)25-18-28-26-10-5-4-9-23(25)26/h1,4-14,16,18,24,28,30H,15,17H2,2H3,(H,29,31). The number of carbonyl (C=O) groups is 1. The maximum absolute atomic E-state index is 13.0. The largest absolute Gasteiger partial charge is 0.497 e. The molecule has 178 valence electrons. The number of aromatic amines is 1. The van der Waals surface area contributed by atoms with Gasteiger partial charge in [0.1, 0.15) is 5.75 Å². The first-order valence-corrected chi connectivity index (χ1v) is 12.4. The van der Waals surface area contributed by atoms with Gasteiger partial charge >= 0.3 is 0 Å². The van der Waals surface area contributed by atoms with Crippen LogP contribution in [0.5, 0.6) is 5.75 Å². The van der Waals surface area contributed by atoms with E-state index < -0.39 is 10.0 Å². The molecule has 0 aliphatic carbocycles. The van der Waals surface area contributed by atoms with Gasteiger partial charge in [-0.15, -0.1) is 6.42 Å². The lowest BCUT2D eigenvalue weighted by atomic mass is 9.90. The fourth-order valence-corrected chi connectivity index (χ4v) is 4.93. The van der Waals surface area contributed by atoms with Crippen LogP contribution < -0.4 is 14.8 Å². The third kappa shape index (κ3) is 5.38. The molecule has 8 heteroatoms. The Kier molecular flexibility index (Phi) is 7.20. The van der Waals surface area contributed by atoms with E-state index in [0.717, 1.165) is 27.8 Å². The zero-order chi connectivity index (χ0) is 24.8. The molecule has 0 spiro atoms. The molecule has 0 saturated heterocycles. The van der Waals surface area contributed by atoms with E-state index in [9.17, 15) is 13.2 Å². The van der Waals surface area contributed by atoms with Gasteiger partial charge in [-0.1, -0.05) is 42.3 Å². The number of H-pyrrole nitrogens is 1. The van der Waals surface area contributed by atoms with Crippen molar-refractivity contribution in [3.63, 3.8) is 0 Å². The van der Waals surface area contributed by atoms with Crippen molar-refractivity contribution in [2.75, 3.05) is 20.2 Å². The molecule has 1 atom stereocenters. The SMILES string of the molecule is C#CCNS(=O)(=O)c1cccc(C(=O)NCC(c2ccc(OC)cc2)c2c[nH]c3ccccc23)c1. The second-order valence-electron chi connectivity index (χ2n) is 7.88. The molecule has 0 bridgehead atoms. The van der Waals surface area contributed by atoms with Crippen molar-refractivity contribution in [3.8, 4) is 18.1 Å². The van der Waals surface area contributed by atoms with Crippen molar-refractivity contribution in [3.05, 3.63) is 95.7 Å². The van der Waals surface area contributed by atoms with E-state index in [2.05, 4.69) is 20.9 Å². The number of benzene rings is 3. The van der Waals surface area contributed by atoms with E-state index in [-0.39, 0.29) is 28.8 Å². The number of fused-ring (bicyclic) bond motifs is 1. The second kappa shape index (κ2) is 10.5. The predicted molar refractivity (Wildman–Crippen MR) is 136 cm³/mol. The van der Waals surface area contributed by atoms with E-state index in [1.807, 2.05) is 54.7 Å². The molecule has 3 aromatic carbocycles. The van der Waals surface area contributed by atoms with Crippen LogP contribution in [0.1, 0.15) is 27.4 Å². The topological polar surface area (TPSA) is 100 Å². The summed E-state index contributed by atoms with van der Waals surface area (Å²) in [6.07, 6.45) is 7.10. The van der Waals surface area contributed by atoms with Crippen LogP contribution in [0, 0.1) is 12.3 Å². The number of sulfonamides is 1. The average Bonchev–Trinajstić information content (AvgIpc) is 3.32. The summed E-state index contributed by atoms with van der Waals surface area (Å²) in [6.45, 7) is 0.173. The number of para-hydroxylation sites is 1. The summed E-state index contributed by atoms with van der Waals surface area (Å²) >= 11 is 0. The lowest BCUT2D eigenvalue weighted by molar-refractivity contribution is 0.0952. The van der Waals surface area contributed by atoms with Gasteiger partial charge in [-0.05, 0) is 47.5 Å². The van der Waals surface area contributed by atoms with Crippen LogP contribution in [-0.2, 0) is 10.0 Å². The number of methoxy groups -OCH3 is 1. The summed E-state index contributed by atoms with van der Waals surface area (Å²) < 4.78 is 32.4. The fraction of sp³-hybridized carbons (Fsp3) is 0.148. The van der Waals surface area contributed by atoms with Gasteiger partial charge in [0.05, 0.1) is 18.6 Å². The third-order valence-electron chi connectivity index (χ3n) is 5.75. The Hall–Kier alpha value is -4.06. The first-order valence-electron chi connectivity index (χ1n) is 10.9. The number of hydrogen-bond donors (Lipinski definition) is 3. The quantitative estimate of drug-likeness (QED) is 0.314. The van der Waals surface area contributed by atoms with Gasteiger partial charge in [0, 0.05) is 35.1 Å². The molecular weight excluding hydrogens is 462 g/mol. The van der Waals surface area contributed by atoms with Crippen LogP contribution in [0.3, 0.4) is 0 Å². The number of aromatic nitrogens is 1. The van der Waals surface area contributed by atoms with Crippen molar-refractivity contribution in [2.45, 2.75) is 10.8 Å². The molecule has 1 heterocycles. The van der Waals surface area contributed by atoms with Crippen molar-refractivity contribution in [2.24, 2.45) is 0 Å². The van der Waals surface area contributed by atoms with E-state index in [1.54, 1.807) is 13.2 Å². The summed E-state index contributed by atoms with van der Waals surface area (Å²) in [5.74, 6) is 2.45. The summed E-state index contributed by atoms with van der Waals surface area (Å²) in [5.41, 5.74) is 3.29. The molecule has 0 saturated carbocycles. The minimum atomic E-state index is -3.81. The van der Waals surface area contributed by atoms with Gasteiger partial charge in [0.15, 0.2) is 0 Å². The summed E-state index contributed by atoms with van der Waals surface area (Å²) in [6, 6.07) is 21.6. The second-order valence-corrected chi connectivity index (χ2v) is 9.65. The Balaban J connectivity index is 1.60. The Morgan fingerprint density at radius 2 is 1.86 bits per heavy atom. The molecule has 1 amide bonds. The highest BCUT2D eigenvalue weighted by Crippen LogP contribution is 2.31. The number of rotatable bonds is 9. The average molecular weight is 488 g/mol. The lowest BCUT2D eigenvalue weighted by Crippen LogP contribution is -2.29. The Morgan fingerprint density at radius 3 is 2.60 bits per heavy atom. The van der Waals surface area contributed by atoms with Crippen LogP contribution >= 0.6 is 0 Å². The normalized spacial score (nSPS) is 12.1. The maximum atomic E-state index is 13.0. The van der Waals surface area contributed by atoms with E-state index in [1.165, 1.54) is 18.2 Å². The number of carbonyl (C=O) groups excluding carboxylic acids is 1. The maximum Gasteiger partial charge on any atom is 0.251 e. The summed E-state index contributed by atoms with van der Waals surface area (Å²) in [4.78, 5) is 16.3. The zero-order valence-corrected chi connectivity index (χ0v) is 19.9. The first kappa shape index (κ1) is 24.1. The lowest BCUT2D eigenvalue weighted by Gasteiger charge is -2.19. The highest BCUT2D eigenvalue weighted by molar-refractivity contribution is 7.89. The van der Waals surface area contributed by atoms with E-state index in [4.69, 9.17) is 11.2 Å². The summed E-state index contributed by atoms with van der Waals surface area (Å²) in [7, 11) is -2.19. The Morgan fingerprint density at radius 1 is 1.09 bits per heavy atom. The van der Waals surface area contributed by atoms with Gasteiger partial charge in [-0.3, -0.25) is 4.79 Å². The monoisotopic (exact) mass is 487 g/mol. The van der Waals surface area contributed by atoms with Crippen LogP contribution in [0.2, 0.25) is 0 Å². The molecule has 0 aliphatic rings. The fourth-order valence-electron chi connectivity index (χ4n) is 3.95. The molecular formula is C27H25N3O4S. The highest BCUT2D eigenvalue weighted by Gasteiger charge is 2.21. The van der Waals surface area contributed by atoms with E-state index in [0.29, 0.717) is 6.54 Å². The number of amides is 1. The van der Waals surface area contributed by atoms with Crippen LogP contribution in [0.25, 0.3) is 10.9 Å². The van der Waals surface area contributed by atoms with Gasteiger partial charge in [-0.2, -0.15) is 4.72 Å². The zero-order valence-electron chi connectivity index (χ0n) is 19.1. The number of hydrogen-bond acceptors (Lipinski definition) is 4. The number of nitrogens with one attached hydrogen (secondary N) is 3. The smallest absolute Gasteiger partial charge is 0.251 e. The summed E-state index contributed by atoms with van der Waals surface area (Å²) in [5, 5.41) is 4.03. The van der Waals surface area contributed by atoms with Crippen LogP contribution in [-0.4, -0.2) is 39.5 Å². The van der Waals surface area contributed by atoms with Gasteiger partial charge in [-0.25, -0.2) is 8.42 Å². The molecule has 1 aromatic heterocycles. The molecule has 1 unspecified atom stereocenters. The molecule has 7 nitrogen and oxygen atoms in total. The number of ether oxygens (including phenoxy) is 1. The van der Waals surface area contributed by atoms with Gasteiger partial charge < -0.3 is 15.0 Å². The molecule has 0 aliphatic heterocycles. The predicted octanol–water partition coefficient (Wildman–Crippen LogP) is 3.65. The molecule has 4 aromatic rings. The molecule has 35 heavy (non-hydrogen) atoms. The van der Waals surface area contributed by atoms with Crippen molar-refractivity contribution in [1.29, 1.82) is 0 Å². The highest BCUT2D eigenvalue weighted by atomic mass is 32.2. The van der Waals surface area contributed by atoms with Gasteiger partial charge in [0.25, 0.3) is 5.91 Å². The van der Waals surface area contributed by atoms with Crippen molar-refractivity contribution >= 4 is 26.8 Å². The number of terminal acetylenes is 1. The molecule has 0 fully saturated rings. The third-order valence-corrected chi connectivity index (χ3v) is 7.15. The molecule has 3 N–H and O–H groups in total. The van der Waals surface area contributed by atoms with Crippen molar-refractivity contribution < 1.29 is 17.9 Å². The van der Waals surface area contributed by atoms with E-state index >= 15 is 0 Å². The van der Waals surface area contributed by atoms with Crippen LogP contribution in [0.4, 0.5) is 0 Å². The minimum Gasteiger partial charge on any atom is -0.497 e. The van der Waals surface area contributed by atoms with Crippen molar-refractivity contribution in [1.82, 2.24) is 15.0 Å². The van der Waals surface area contributed by atoms with Crippen LogP contribution in [0.15, 0.2) is 83.9 Å². The molecule has 0 radical (unpaired) electrons.